The maximum atomic E-state index is 12.6. The molecule has 6 N–H and O–H groups in total. The van der Waals surface area contributed by atoms with E-state index in [9.17, 15) is 14.4 Å². The Labute approximate surface area is 491 Å². The number of amides is 3. The minimum atomic E-state index is -0.217. The van der Waals surface area contributed by atoms with E-state index in [2.05, 4.69) is 94.9 Å². The highest BCUT2D eigenvalue weighted by atomic mass is 16.5. The second-order valence-corrected chi connectivity index (χ2v) is 20.4. The summed E-state index contributed by atoms with van der Waals surface area (Å²) < 4.78 is 5.03. The molecule has 3 amide bonds. The van der Waals surface area contributed by atoms with Crippen molar-refractivity contribution in [2.75, 3.05) is 80.0 Å². The fourth-order valence-corrected chi connectivity index (χ4v) is 8.94. The van der Waals surface area contributed by atoms with Crippen molar-refractivity contribution in [3.63, 3.8) is 0 Å². The molecule has 0 saturated carbocycles. The van der Waals surface area contributed by atoms with Crippen molar-refractivity contribution in [1.29, 1.82) is 0 Å². The van der Waals surface area contributed by atoms with Gasteiger partial charge in [0.15, 0.2) is 0 Å². The maximum Gasteiger partial charge on any atom is 0.255 e. The van der Waals surface area contributed by atoms with Crippen LogP contribution in [0.15, 0.2) is 189 Å². The lowest BCUT2D eigenvalue weighted by atomic mass is 10.2. The summed E-state index contributed by atoms with van der Waals surface area (Å²) in [5.74, 6) is 2.25. The third-order valence-corrected chi connectivity index (χ3v) is 13.8. The molecule has 0 unspecified atom stereocenters. The van der Waals surface area contributed by atoms with Crippen LogP contribution in [0, 0.1) is 0 Å². The molecule has 85 heavy (non-hydrogen) atoms. The van der Waals surface area contributed by atoms with Crippen molar-refractivity contribution < 1.29 is 19.1 Å². The Kier molecular flexibility index (Phi) is 17.3. The number of aromatic nitrogens is 9. The first-order valence-electron chi connectivity index (χ1n) is 27.3. The van der Waals surface area contributed by atoms with Gasteiger partial charge in [-0.2, -0.15) is 0 Å². The number of rotatable bonds is 14. The number of ether oxygens (including phenoxy) is 1. The Morgan fingerprint density at radius 3 is 1.12 bits per heavy atom. The number of aryl methyl sites for hydroxylation is 1. The molecule has 0 aliphatic rings. The Hall–Kier alpha value is -11.2. The molecule has 0 saturated heterocycles. The SMILES string of the molecule is CCc1ccc(NC(=O)c2ccc3nc(-c4ccc(N(C)C)cc4)[nH]c3c2)cn1.CN(C)c1ccc(-c2nc3ccc(C(=O)Nc4ccncc4)cc3[nH]2)cc1.COc1ccc(NC(=O)c2ccc3nc(-c4ccc(N(C)C)cc4)[nH]c3c2)cn1. The number of nitrogens with zero attached hydrogens (tertiary/aromatic N) is 9. The maximum absolute atomic E-state index is 12.6. The van der Waals surface area contributed by atoms with Gasteiger partial charge in [0.05, 0.1) is 64.0 Å². The molecule has 19 nitrogen and oxygen atoms in total. The second kappa shape index (κ2) is 25.7. The van der Waals surface area contributed by atoms with Crippen LogP contribution >= 0.6 is 0 Å². The van der Waals surface area contributed by atoms with Crippen LogP contribution in [0.1, 0.15) is 43.7 Å². The van der Waals surface area contributed by atoms with Gasteiger partial charge < -0.3 is 50.3 Å². The number of hydrogen-bond donors (Lipinski definition) is 6. The number of carbonyl (C=O) groups excluding carboxylic acids is 3. The molecule has 426 valence electrons. The molecular weight excluding hydrogens is 1070 g/mol. The van der Waals surface area contributed by atoms with Crippen LogP contribution < -0.4 is 35.4 Å². The zero-order valence-corrected chi connectivity index (χ0v) is 48.3. The fraction of sp³-hybridized carbons (Fsp3) is 0.136. The van der Waals surface area contributed by atoms with Gasteiger partial charge in [0.1, 0.15) is 17.5 Å². The van der Waals surface area contributed by atoms with Crippen molar-refractivity contribution in [1.82, 2.24) is 44.9 Å². The average molecular weight is 1130 g/mol. The number of benzene rings is 6. The predicted octanol–water partition coefficient (Wildman–Crippen LogP) is 12.4. The largest absolute Gasteiger partial charge is 0.481 e. The smallest absolute Gasteiger partial charge is 0.255 e. The van der Waals surface area contributed by atoms with Crippen LogP contribution in [0.3, 0.4) is 0 Å². The van der Waals surface area contributed by atoms with Gasteiger partial charge >= 0.3 is 0 Å². The van der Waals surface area contributed by atoms with E-state index in [4.69, 9.17) is 4.74 Å². The Balaban J connectivity index is 0.000000142. The summed E-state index contributed by atoms with van der Waals surface area (Å²) in [6.45, 7) is 2.05. The lowest BCUT2D eigenvalue weighted by Gasteiger charge is -2.11. The lowest BCUT2D eigenvalue weighted by Crippen LogP contribution is -2.12. The minimum absolute atomic E-state index is 0.172. The van der Waals surface area contributed by atoms with Crippen LogP contribution in [0.2, 0.25) is 0 Å². The van der Waals surface area contributed by atoms with Crippen LogP contribution in [-0.4, -0.2) is 112 Å². The molecule has 12 rings (SSSR count). The molecule has 0 aliphatic carbocycles. The quantitative estimate of drug-likeness (QED) is 0.0596. The number of aromatic amines is 3. The van der Waals surface area contributed by atoms with Gasteiger partial charge in [0, 0.05) is 123 Å². The summed E-state index contributed by atoms with van der Waals surface area (Å²) in [5, 5.41) is 8.58. The molecule has 6 aromatic heterocycles. The number of carbonyl (C=O) groups is 3. The number of imidazole rings is 3. The third-order valence-electron chi connectivity index (χ3n) is 13.8. The van der Waals surface area contributed by atoms with Crippen molar-refractivity contribution in [3.8, 4) is 40.0 Å². The van der Waals surface area contributed by atoms with E-state index in [-0.39, 0.29) is 17.7 Å². The Bertz CT molecular complexity index is 4070. The third kappa shape index (κ3) is 13.9. The number of anilines is 6. The first-order chi connectivity index (χ1) is 41.2. The number of fused-ring (bicyclic) bond motifs is 3. The fourth-order valence-electron chi connectivity index (χ4n) is 8.94. The highest BCUT2D eigenvalue weighted by Gasteiger charge is 2.15. The normalized spacial score (nSPS) is 10.8. The summed E-state index contributed by atoms with van der Waals surface area (Å²) in [7, 11) is 13.6. The molecule has 6 heterocycles. The van der Waals surface area contributed by atoms with E-state index < -0.39 is 0 Å². The van der Waals surface area contributed by atoms with Gasteiger partial charge in [-0.15, -0.1) is 0 Å². The molecule has 0 fully saturated rings. The number of methoxy groups -OCH3 is 1. The van der Waals surface area contributed by atoms with E-state index in [0.717, 1.165) is 96.4 Å². The Morgan fingerprint density at radius 1 is 0.435 bits per heavy atom. The number of nitrogens with one attached hydrogen (secondary N) is 6. The summed E-state index contributed by atoms with van der Waals surface area (Å²) in [5.41, 5.74) is 15.9. The van der Waals surface area contributed by atoms with Gasteiger partial charge in [-0.05, 0) is 164 Å². The number of hydrogen-bond acceptors (Lipinski definition) is 13. The van der Waals surface area contributed by atoms with Gasteiger partial charge in [0.2, 0.25) is 5.88 Å². The summed E-state index contributed by atoms with van der Waals surface area (Å²) >= 11 is 0. The van der Waals surface area contributed by atoms with Crippen molar-refractivity contribution in [2.45, 2.75) is 13.3 Å². The van der Waals surface area contributed by atoms with E-state index in [0.29, 0.717) is 39.6 Å². The highest BCUT2D eigenvalue weighted by molar-refractivity contribution is 6.07. The second-order valence-electron chi connectivity index (χ2n) is 20.4. The minimum Gasteiger partial charge on any atom is -0.481 e. The molecule has 0 spiro atoms. The average Bonchev–Trinajstić information content (AvgIpc) is 4.51. The first kappa shape index (κ1) is 57.0. The highest BCUT2D eigenvalue weighted by Crippen LogP contribution is 2.28. The topological polar surface area (TPSA) is 231 Å². The van der Waals surface area contributed by atoms with Crippen molar-refractivity contribution in [2.24, 2.45) is 0 Å². The van der Waals surface area contributed by atoms with E-state index in [1.165, 1.54) is 0 Å². The standard InChI is InChI=1S/C23H23N5O.C22H21N5O2.C21H19N5O/c1-4-17-8-9-18(14-24-17)25-23(29)16-7-12-20-21(13-16)27-22(26-20)15-5-10-19(11-6-15)28(2)3;1-27(2)17-8-4-14(5-9-17)21-25-18-10-6-15(12-19(18)26-21)22(28)24-16-7-11-20(29-3)23-13-16;1-26(2)17-6-3-14(4-7-17)20-24-18-8-5-15(13-19(18)25-20)21(27)23-16-9-11-22-12-10-16/h5-14H,4H2,1-3H3,(H,25,29)(H,26,27);4-13H,1-3H3,(H,24,28)(H,25,26);3-13H,1-2H3,(H,24,25)(H,22,23,27). The summed E-state index contributed by atoms with van der Waals surface area (Å²) in [4.78, 5) is 80.0. The van der Waals surface area contributed by atoms with Crippen LogP contribution in [0.4, 0.5) is 34.1 Å². The lowest BCUT2D eigenvalue weighted by molar-refractivity contribution is 0.101. The zero-order valence-electron chi connectivity index (χ0n) is 48.3. The van der Waals surface area contributed by atoms with Gasteiger partial charge in [-0.1, -0.05) is 6.92 Å². The monoisotopic (exact) mass is 1130 g/mol. The van der Waals surface area contributed by atoms with Crippen LogP contribution in [-0.2, 0) is 6.42 Å². The van der Waals surface area contributed by atoms with Gasteiger partial charge in [-0.25, -0.2) is 19.9 Å². The summed E-state index contributed by atoms with van der Waals surface area (Å²) in [6.07, 6.45) is 7.38. The molecule has 0 bridgehead atoms. The van der Waals surface area contributed by atoms with Crippen molar-refractivity contribution in [3.05, 3.63) is 211 Å². The number of pyridine rings is 3. The Morgan fingerprint density at radius 2 is 0.800 bits per heavy atom. The van der Waals surface area contributed by atoms with Crippen LogP contribution in [0.5, 0.6) is 5.88 Å². The molecule has 0 radical (unpaired) electrons. The molecular formula is C66H63N15O4. The molecule has 12 aromatic rings. The predicted molar refractivity (Wildman–Crippen MR) is 340 cm³/mol. The van der Waals surface area contributed by atoms with E-state index in [1.54, 1.807) is 80.4 Å². The molecule has 0 aliphatic heterocycles. The number of H-pyrrole nitrogens is 3. The van der Waals surface area contributed by atoms with E-state index >= 15 is 0 Å². The van der Waals surface area contributed by atoms with Gasteiger partial charge in [0.25, 0.3) is 17.7 Å². The van der Waals surface area contributed by atoms with Crippen LogP contribution in [0.25, 0.3) is 67.3 Å². The molecule has 19 heteroatoms. The van der Waals surface area contributed by atoms with Crippen molar-refractivity contribution >= 4 is 84.9 Å². The van der Waals surface area contributed by atoms with E-state index in [1.807, 2.05) is 145 Å². The van der Waals surface area contributed by atoms with Gasteiger partial charge in [-0.3, -0.25) is 24.4 Å². The molecule has 0 atom stereocenters. The zero-order chi connectivity index (χ0) is 59.6. The summed E-state index contributed by atoms with van der Waals surface area (Å²) in [6, 6.07) is 51.5. The molecule has 6 aromatic carbocycles. The first-order valence-corrected chi connectivity index (χ1v) is 27.3.